The summed E-state index contributed by atoms with van der Waals surface area (Å²) in [6.07, 6.45) is 7.41. The molecule has 17 nitrogen and oxygen atoms in total. The van der Waals surface area contributed by atoms with Crippen LogP contribution in [0.25, 0.3) is 10.4 Å². The van der Waals surface area contributed by atoms with Crippen LogP contribution in [-0.2, 0) is 25.6 Å². The third-order valence-corrected chi connectivity index (χ3v) is 13.4. The van der Waals surface area contributed by atoms with E-state index < -0.39 is 17.9 Å². The minimum absolute atomic E-state index is 0.00152. The molecular weight excluding hydrogens is 821 g/mol. The number of azide groups is 1. The van der Waals surface area contributed by atoms with Crippen molar-refractivity contribution in [1.82, 2.24) is 32.2 Å². The summed E-state index contributed by atoms with van der Waals surface area (Å²) in [4.78, 5) is 59.8. The van der Waals surface area contributed by atoms with Crippen molar-refractivity contribution in [3.8, 4) is 0 Å². The summed E-state index contributed by atoms with van der Waals surface area (Å²) in [5.74, 6) is 0.271. The predicted octanol–water partition coefficient (Wildman–Crippen LogP) is 5.97. The molecule has 4 rings (SSSR count). The molecule has 0 saturated carbocycles. The molecule has 2 aliphatic rings. The standard InChI is InChI=1S/C42H62N10O7S2/c1-28(2)22-33(31(24-59-52-58)25-60-26-35(50-57)30-16-18-32(19-17-30)49-51-43)40(54)46-34(23-29-12-6-5-7-13-29)41(55)45-21-11-4-3-10-20-44-38(53)15-9-8-14-37-39-36(27-61-37)47-42(56)48-39/h5-7,12-13,16-19,28,31,33-34,36-37,39,52,57-58H,3-4,8-11,14-15,20-27H2,1-2H3,(H,44,53)(H,45,55)(H,46,54)(H2,47,48,56)/b50-35-/t31-,33+,34-,36?,37?,39?/m0/s1. The summed E-state index contributed by atoms with van der Waals surface area (Å²) in [6, 6.07) is 15.6. The van der Waals surface area contributed by atoms with Crippen LogP contribution in [-0.4, -0.2) is 100 Å². The van der Waals surface area contributed by atoms with Gasteiger partial charge >= 0.3 is 6.03 Å². The number of unbranched alkanes of at least 4 members (excludes halogenated alkanes) is 4. The zero-order chi connectivity index (χ0) is 43.8. The smallest absolute Gasteiger partial charge is 0.315 e. The lowest BCUT2D eigenvalue weighted by Gasteiger charge is -2.29. The number of rotatable bonds is 29. The van der Waals surface area contributed by atoms with E-state index in [0.29, 0.717) is 66.1 Å². The molecule has 0 spiro atoms. The van der Waals surface area contributed by atoms with Gasteiger partial charge in [-0.25, -0.2) is 4.79 Å². The molecule has 3 unspecified atom stereocenters. The number of hydrogen-bond donors (Lipinski definition) is 8. The minimum atomic E-state index is -0.833. The Kier molecular flexibility index (Phi) is 22.1. The summed E-state index contributed by atoms with van der Waals surface area (Å²) >= 11 is 3.32. The third kappa shape index (κ3) is 17.4. The minimum Gasteiger partial charge on any atom is -0.411 e. The molecule has 2 aliphatic heterocycles. The Morgan fingerprint density at radius 2 is 1.72 bits per heavy atom. The van der Waals surface area contributed by atoms with Crippen LogP contribution >= 0.6 is 23.5 Å². The van der Waals surface area contributed by atoms with E-state index in [4.69, 9.17) is 10.4 Å². The molecule has 0 aliphatic carbocycles. The van der Waals surface area contributed by atoms with E-state index in [1.54, 1.807) is 29.9 Å². The van der Waals surface area contributed by atoms with Crippen molar-refractivity contribution in [2.45, 2.75) is 101 Å². The molecule has 61 heavy (non-hydrogen) atoms. The first kappa shape index (κ1) is 49.1. The fourth-order valence-corrected chi connectivity index (χ4v) is 10.3. The number of nitrogens with one attached hydrogen (secondary N) is 6. The Morgan fingerprint density at radius 3 is 2.41 bits per heavy atom. The summed E-state index contributed by atoms with van der Waals surface area (Å²) in [5.41, 5.74) is 12.8. The molecule has 0 radical (unpaired) electrons. The Hall–Kier alpha value is -4.52. The Balaban J connectivity index is 1.22. The van der Waals surface area contributed by atoms with E-state index in [1.807, 2.05) is 55.9 Å². The van der Waals surface area contributed by atoms with Crippen LogP contribution in [0.15, 0.2) is 64.9 Å². The SMILES string of the molecule is CC(C)C[C@@H](C(=O)N[C@@H](Cc1ccccc1)C(=O)NCCCCCCNC(=O)CCCCC1SCC2NC(=O)NC21)[C@@H](CONO)CSC/C(=N/O)c1ccc(N=[N+]=[N-])cc1. The van der Waals surface area contributed by atoms with Gasteiger partial charge in [0.2, 0.25) is 17.7 Å². The second-order valence-electron chi connectivity index (χ2n) is 15.9. The number of urea groups is 1. The molecule has 8 N–H and O–H groups in total. The summed E-state index contributed by atoms with van der Waals surface area (Å²) in [7, 11) is 0. The van der Waals surface area contributed by atoms with Gasteiger partial charge in [0.1, 0.15) is 6.04 Å². The summed E-state index contributed by atoms with van der Waals surface area (Å²) < 4.78 is 0. The van der Waals surface area contributed by atoms with Gasteiger partial charge in [-0.05, 0) is 54.9 Å². The molecule has 19 heteroatoms. The molecule has 2 fully saturated rings. The molecular formula is C42H62N10O7S2. The number of hydrogen-bond acceptors (Lipinski definition) is 12. The number of amides is 5. The first-order valence-electron chi connectivity index (χ1n) is 21.1. The van der Waals surface area contributed by atoms with Crippen molar-refractivity contribution < 1.29 is 34.4 Å². The first-order valence-corrected chi connectivity index (χ1v) is 23.3. The number of carbonyl (C=O) groups is 4. The van der Waals surface area contributed by atoms with Crippen LogP contribution < -0.4 is 32.2 Å². The van der Waals surface area contributed by atoms with E-state index in [9.17, 15) is 29.6 Å². The molecule has 5 amide bonds. The molecule has 2 heterocycles. The lowest BCUT2D eigenvalue weighted by Crippen LogP contribution is -2.51. The first-order chi connectivity index (χ1) is 29.6. The maximum absolute atomic E-state index is 14.2. The number of benzene rings is 2. The molecule has 6 atom stereocenters. The average molecular weight is 883 g/mol. The maximum Gasteiger partial charge on any atom is 0.315 e. The number of fused-ring (bicyclic) bond motifs is 1. The van der Waals surface area contributed by atoms with Crippen molar-refractivity contribution in [1.29, 1.82) is 0 Å². The van der Waals surface area contributed by atoms with Crippen molar-refractivity contribution in [2.24, 2.45) is 28.0 Å². The van der Waals surface area contributed by atoms with Crippen molar-refractivity contribution in [2.75, 3.05) is 37.0 Å². The van der Waals surface area contributed by atoms with Gasteiger partial charge in [0.15, 0.2) is 0 Å². The highest BCUT2D eigenvalue weighted by Crippen LogP contribution is 2.33. The topological polar surface area (TPSA) is 251 Å². The molecule has 2 aromatic rings. The Labute approximate surface area is 366 Å². The summed E-state index contributed by atoms with van der Waals surface area (Å²) in [5, 5.41) is 41.6. The second kappa shape index (κ2) is 27.4. The van der Waals surface area contributed by atoms with Crippen LogP contribution in [0.1, 0.15) is 82.8 Å². The fraction of sp³-hybridized carbons (Fsp3) is 0.595. The highest BCUT2D eigenvalue weighted by Gasteiger charge is 2.42. The fourth-order valence-electron chi connectivity index (χ4n) is 7.56. The van der Waals surface area contributed by atoms with E-state index in [2.05, 4.69) is 41.8 Å². The maximum atomic E-state index is 14.2. The van der Waals surface area contributed by atoms with E-state index >= 15 is 0 Å². The van der Waals surface area contributed by atoms with Gasteiger partial charge in [0, 0.05) is 70.7 Å². The zero-order valence-electron chi connectivity index (χ0n) is 35.1. The van der Waals surface area contributed by atoms with Gasteiger partial charge in [0.25, 0.3) is 0 Å². The van der Waals surface area contributed by atoms with Gasteiger partial charge in [-0.1, -0.05) is 104 Å². The molecule has 2 aromatic carbocycles. The lowest BCUT2D eigenvalue weighted by atomic mass is 9.85. The van der Waals surface area contributed by atoms with Gasteiger partial charge in [-0.2, -0.15) is 23.5 Å². The second-order valence-corrected chi connectivity index (χ2v) is 18.2. The number of carbonyl (C=O) groups excluding carboxylic acids is 4. The predicted molar refractivity (Wildman–Crippen MR) is 239 cm³/mol. The van der Waals surface area contributed by atoms with Crippen molar-refractivity contribution in [3.05, 3.63) is 76.2 Å². The lowest BCUT2D eigenvalue weighted by molar-refractivity contribution is -0.146. The van der Waals surface area contributed by atoms with Gasteiger partial charge in [0.05, 0.1) is 24.4 Å². The van der Waals surface area contributed by atoms with E-state index in [1.165, 1.54) is 11.8 Å². The molecule has 0 aromatic heterocycles. The number of thioether (sulfide) groups is 2. The van der Waals surface area contributed by atoms with E-state index in [0.717, 1.165) is 56.3 Å². The van der Waals surface area contributed by atoms with Crippen LogP contribution in [0.5, 0.6) is 0 Å². The Bertz CT molecular complexity index is 1750. The Morgan fingerprint density at radius 1 is 0.984 bits per heavy atom. The van der Waals surface area contributed by atoms with Crippen molar-refractivity contribution >= 4 is 58.7 Å². The van der Waals surface area contributed by atoms with Crippen LogP contribution in [0, 0.1) is 17.8 Å². The van der Waals surface area contributed by atoms with Gasteiger partial charge in [-0.15, -0.1) is 0 Å². The molecule has 2 saturated heterocycles. The quantitative estimate of drug-likeness (QED) is 0.00694. The van der Waals surface area contributed by atoms with Crippen LogP contribution in [0.2, 0.25) is 0 Å². The summed E-state index contributed by atoms with van der Waals surface area (Å²) in [6.45, 7) is 5.08. The largest absolute Gasteiger partial charge is 0.411 e. The van der Waals surface area contributed by atoms with Gasteiger partial charge < -0.3 is 31.8 Å². The highest BCUT2D eigenvalue weighted by molar-refractivity contribution is 8.00. The highest BCUT2D eigenvalue weighted by atomic mass is 32.2. The van der Waals surface area contributed by atoms with Crippen LogP contribution in [0.3, 0.4) is 0 Å². The average Bonchev–Trinajstić information content (AvgIpc) is 3.81. The number of oxime groups is 1. The number of nitrogens with zero attached hydrogens (tertiary/aromatic N) is 4. The zero-order valence-corrected chi connectivity index (χ0v) is 36.7. The third-order valence-electron chi connectivity index (χ3n) is 10.8. The normalized spacial score (nSPS) is 18.6. The molecule has 0 bridgehead atoms. The monoisotopic (exact) mass is 882 g/mol. The molecule has 334 valence electrons. The van der Waals surface area contributed by atoms with Gasteiger partial charge in [-0.3, -0.25) is 24.4 Å². The van der Waals surface area contributed by atoms with E-state index in [-0.39, 0.29) is 48.4 Å². The van der Waals surface area contributed by atoms with Crippen LogP contribution in [0.4, 0.5) is 10.5 Å². The van der Waals surface area contributed by atoms with Crippen molar-refractivity contribution in [3.63, 3.8) is 0 Å².